The Morgan fingerprint density at radius 2 is 1.30 bits per heavy atom. The van der Waals surface area contributed by atoms with Crippen molar-refractivity contribution in [3.8, 4) is 0 Å². The van der Waals surface area contributed by atoms with Crippen molar-refractivity contribution < 1.29 is 31.0 Å². The average Bonchev–Trinajstić information content (AvgIpc) is 2.34. The lowest BCUT2D eigenvalue weighted by atomic mass is 9.78. The van der Waals surface area contributed by atoms with Gasteiger partial charge in [-0.05, 0) is 51.1 Å². The van der Waals surface area contributed by atoms with Gasteiger partial charge < -0.3 is 10.0 Å². The number of likely N-dealkylation sites (N-methyl/N-ethyl adjacent to an activating group) is 1. The first-order valence-electron chi connectivity index (χ1n) is 7.57. The summed E-state index contributed by atoms with van der Waals surface area (Å²) in [5, 5.41) is 8.90. The second-order valence-corrected chi connectivity index (χ2v) is 9.51. The van der Waals surface area contributed by atoms with Crippen LogP contribution in [0.2, 0.25) is 0 Å². The molecule has 0 unspecified atom stereocenters. The van der Waals surface area contributed by atoms with Crippen LogP contribution >= 0.6 is 0 Å². The van der Waals surface area contributed by atoms with Crippen LogP contribution in [0.5, 0.6) is 0 Å². The number of hydrogen-bond acceptors (Lipinski definition) is 6. The minimum atomic E-state index is -4.01. The van der Waals surface area contributed by atoms with Gasteiger partial charge in [0.2, 0.25) is 0 Å². The van der Waals surface area contributed by atoms with Gasteiger partial charge in [-0.1, -0.05) is 6.92 Å². The third-order valence-corrected chi connectivity index (χ3v) is 5.55. The Kier molecular flexibility index (Phi) is 9.78. The van der Waals surface area contributed by atoms with E-state index in [0.29, 0.717) is 32.4 Å². The Labute approximate surface area is 139 Å². The minimum Gasteiger partial charge on any atom is -0.395 e. The molecule has 0 aliphatic heterocycles. The Morgan fingerprint density at radius 3 is 1.65 bits per heavy atom. The fraction of sp³-hybridized carbons (Fsp3) is 1.00. The molecular weight excluding hydrogens is 346 g/mol. The van der Waals surface area contributed by atoms with Gasteiger partial charge in [0.25, 0.3) is 20.2 Å². The molecule has 0 saturated heterocycles. The maximum absolute atomic E-state index is 10.8. The van der Waals surface area contributed by atoms with Gasteiger partial charge in [0.1, 0.15) is 0 Å². The molecule has 0 aromatic heterocycles. The molecule has 140 valence electrons. The zero-order valence-corrected chi connectivity index (χ0v) is 15.4. The Bertz CT molecular complexity index is 493. The number of nitrogens with zero attached hydrogens (tertiary/aromatic N) is 1. The Hall–Kier alpha value is -0.260. The largest absolute Gasteiger partial charge is 0.395 e. The van der Waals surface area contributed by atoms with Crippen LogP contribution in [-0.2, 0) is 20.2 Å². The van der Waals surface area contributed by atoms with Crippen LogP contribution in [0.3, 0.4) is 0 Å². The van der Waals surface area contributed by atoms with Crippen LogP contribution in [0, 0.1) is 5.41 Å². The van der Waals surface area contributed by atoms with E-state index >= 15 is 0 Å². The summed E-state index contributed by atoms with van der Waals surface area (Å²) in [7, 11) is -6.16. The lowest BCUT2D eigenvalue weighted by molar-refractivity contribution is 0.175. The summed E-state index contributed by atoms with van der Waals surface area (Å²) < 4.78 is 60.9. The summed E-state index contributed by atoms with van der Waals surface area (Å²) in [5.41, 5.74) is -0.306. The van der Waals surface area contributed by atoms with E-state index in [9.17, 15) is 16.8 Å². The van der Waals surface area contributed by atoms with Crippen molar-refractivity contribution in [3.05, 3.63) is 0 Å². The molecular formula is C13H29NO7S2. The van der Waals surface area contributed by atoms with Crippen molar-refractivity contribution in [2.45, 2.75) is 39.0 Å². The highest BCUT2D eigenvalue weighted by Gasteiger charge is 2.25. The first-order valence-corrected chi connectivity index (χ1v) is 10.8. The van der Waals surface area contributed by atoms with Crippen molar-refractivity contribution in [1.29, 1.82) is 0 Å². The second-order valence-electron chi connectivity index (χ2n) is 6.37. The molecule has 0 saturated carbocycles. The predicted octanol–water partition coefficient (Wildman–Crippen LogP) is 0.643. The van der Waals surface area contributed by atoms with E-state index in [2.05, 4.69) is 0 Å². The highest BCUT2D eigenvalue weighted by molar-refractivity contribution is 7.86. The highest BCUT2D eigenvalue weighted by atomic mass is 32.2. The summed E-state index contributed by atoms with van der Waals surface area (Å²) in [5.74, 6) is -0.652. The van der Waals surface area contributed by atoms with Crippen molar-refractivity contribution in [3.63, 3.8) is 0 Å². The monoisotopic (exact) mass is 375 g/mol. The average molecular weight is 376 g/mol. The number of aliphatic hydroxyl groups excluding tert-OH is 1. The molecule has 0 spiro atoms. The van der Waals surface area contributed by atoms with Gasteiger partial charge in [-0.3, -0.25) is 9.11 Å². The van der Waals surface area contributed by atoms with E-state index in [4.69, 9.17) is 14.2 Å². The topological polar surface area (TPSA) is 132 Å². The van der Waals surface area contributed by atoms with Gasteiger partial charge in [-0.2, -0.15) is 16.8 Å². The van der Waals surface area contributed by atoms with Gasteiger partial charge in [0.05, 0.1) is 18.1 Å². The normalized spacial score (nSPS) is 13.7. The molecule has 0 radical (unpaired) electrons. The lowest BCUT2D eigenvalue weighted by Crippen LogP contribution is -2.29. The Balaban J connectivity index is 4.61. The zero-order chi connectivity index (χ0) is 18.1. The fourth-order valence-electron chi connectivity index (χ4n) is 2.48. The van der Waals surface area contributed by atoms with E-state index < -0.39 is 20.2 Å². The van der Waals surface area contributed by atoms with E-state index in [1.165, 1.54) is 0 Å². The van der Waals surface area contributed by atoms with Crippen molar-refractivity contribution in [2.24, 2.45) is 5.41 Å². The molecule has 0 bridgehead atoms. The third kappa shape index (κ3) is 13.8. The van der Waals surface area contributed by atoms with Crippen molar-refractivity contribution in [2.75, 3.05) is 38.2 Å². The Morgan fingerprint density at radius 1 is 0.870 bits per heavy atom. The lowest BCUT2D eigenvalue weighted by Gasteiger charge is -2.31. The van der Waals surface area contributed by atoms with Crippen LogP contribution in [0.1, 0.15) is 39.0 Å². The zero-order valence-electron chi connectivity index (χ0n) is 13.8. The molecule has 8 nitrogen and oxygen atoms in total. The van der Waals surface area contributed by atoms with Crippen LogP contribution in [0.15, 0.2) is 0 Å². The van der Waals surface area contributed by atoms with Gasteiger partial charge in [0.15, 0.2) is 0 Å². The van der Waals surface area contributed by atoms with Gasteiger partial charge in [-0.15, -0.1) is 0 Å². The SMILES string of the molecule is CN(CCO)CCC(C)(CCCS(=O)(=O)O)CCCS(=O)(=O)O. The summed E-state index contributed by atoms with van der Waals surface area (Å²) in [6.45, 7) is 3.17. The van der Waals surface area contributed by atoms with E-state index in [0.717, 1.165) is 0 Å². The van der Waals surface area contributed by atoms with E-state index in [-0.39, 0.29) is 36.4 Å². The molecule has 0 amide bonds. The van der Waals surface area contributed by atoms with Crippen LogP contribution in [0.25, 0.3) is 0 Å². The van der Waals surface area contributed by atoms with Crippen LogP contribution in [-0.4, -0.2) is 74.2 Å². The molecule has 0 fully saturated rings. The van der Waals surface area contributed by atoms with Gasteiger partial charge in [0, 0.05) is 6.54 Å². The molecule has 0 atom stereocenters. The van der Waals surface area contributed by atoms with Crippen molar-refractivity contribution >= 4 is 20.2 Å². The fourth-order valence-corrected chi connectivity index (χ4v) is 3.50. The van der Waals surface area contributed by atoms with Crippen LogP contribution < -0.4 is 0 Å². The molecule has 0 rings (SSSR count). The minimum absolute atomic E-state index is 0.0404. The molecule has 3 N–H and O–H groups in total. The summed E-state index contributed by atoms with van der Waals surface area (Å²) in [4.78, 5) is 1.93. The smallest absolute Gasteiger partial charge is 0.264 e. The summed E-state index contributed by atoms with van der Waals surface area (Å²) >= 11 is 0. The summed E-state index contributed by atoms with van der Waals surface area (Å²) in [6.07, 6.45) is 2.30. The molecule has 23 heavy (non-hydrogen) atoms. The third-order valence-electron chi connectivity index (χ3n) is 3.94. The predicted molar refractivity (Wildman–Crippen MR) is 88.6 cm³/mol. The van der Waals surface area contributed by atoms with E-state index in [1.54, 1.807) is 0 Å². The molecule has 0 aliphatic carbocycles. The quantitative estimate of drug-likeness (QED) is 0.400. The number of hydrogen-bond donors (Lipinski definition) is 3. The molecule has 10 heteroatoms. The molecule has 0 heterocycles. The first kappa shape index (κ1) is 22.7. The maximum atomic E-state index is 10.8. The second kappa shape index (κ2) is 9.90. The van der Waals surface area contributed by atoms with Gasteiger partial charge in [-0.25, -0.2) is 0 Å². The number of rotatable bonds is 13. The first-order chi connectivity index (χ1) is 10.4. The standard InChI is InChI=1S/C13H29NO7S2/c1-13(5-3-11-22(16,17)18,6-4-12-23(19,20)21)7-8-14(2)9-10-15/h15H,3-12H2,1-2H3,(H,16,17,18)(H,19,20,21). The highest BCUT2D eigenvalue weighted by Crippen LogP contribution is 2.33. The molecule has 0 aliphatic rings. The summed E-state index contributed by atoms with van der Waals surface area (Å²) in [6, 6.07) is 0. The van der Waals surface area contributed by atoms with Crippen LogP contribution in [0.4, 0.5) is 0 Å². The van der Waals surface area contributed by atoms with Gasteiger partial charge >= 0.3 is 0 Å². The maximum Gasteiger partial charge on any atom is 0.264 e. The number of aliphatic hydroxyl groups is 1. The molecule has 0 aromatic rings. The van der Waals surface area contributed by atoms with E-state index in [1.807, 2.05) is 18.9 Å². The molecule has 0 aromatic carbocycles. The van der Waals surface area contributed by atoms with Crippen molar-refractivity contribution in [1.82, 2.24) is 4.90 Å².